The van der Waals surface area contributed by atoms with E-state index in [1.165, 1.54) is 5.57 Å². The lowest BCUT2D eigenvalue weighted by molar-refractivity contribution is -0.169. The first-order valence-corrected chi connectivity index (χ1v) is 16.3. The van der Waals surface area contributed by atoms with Gasteiger partial charge in [-0.05, 0) is 111 Å². The Morgan fingerprint density at radius 2 is 1.65 bits per heavy atom. The van der Waals surface area contributed by atoms with Crippen molar-refractivity contribution >= 4 is 11.8 Å². The fourth-order valence-corrected chi connectivity index (χ4v) is 11.7. The van der Waals surface area contributed by atoms with Crippen LogP contribution >= 0.6 is 0 Å². The third-order valence-corrected chi connectivity index (χ3v) is 14.2. The van der Waals surface area contributed by atoms with Gasteiger partial charge in [0.1, 0.15) is 6.10 Å². The van der Waals surface area contributed by atoms with Crippen molar-refractivity contribution in [2.75, 3.05) is 6.61 Å². The van der Waals surface area contributed by atoms with E-state index in [0.29, 0.717) is 23.7 Å². The molecule has 6 rings (SSSR count). The van der Waals surface area contributed by atoms with Crippen LogP contribution in [0.4, 0.5) is 0 Å². The van der Waals surface area contributed by atoms with E-state index < -0.39 is 29.7 Å². The molecule has 5 aliphatic carbocycles. The quantitative estimate of drug-likeness (QED) is 0.387. The number of Topliss-reactive ketones (excluding diaryl/α,β-unsaturated/α-hetero) is 1. The van der Waals surface area contributed by atoms with E-state index in [1.54, 1.807) is 0 Å². The normalized spacial score (nSPS) is 53.9. The smallest absolute Gasteiger partial charge is 0.310 e. The second-order valence-corrected chi connectivity index (χ2v) is 15.7. The summed E-state index contributed by atoms with van der Waals surface area (Å²) in [5, 5.41) is 30.9. The van der Waals surface area contributed by atoms with Crippen LogP contribution in [0, 0.1) is 63.6 Å². The number of hydrogen-bond donors (Lipinski definition) is 3. The van der Waals surface area contributed by atoms with Crippen molar-refractivity contribution in [3.8, 4) is 0 Å². The number of aliphatic carboxylic acids is 1. The van der Waals surface area contributed by atoms with E-state index in [1.807, 2.05) is 6.92 Å². The van der Waals surface area contributed by atoms with Gasteiger partial charge >= 0.3 is 5.97 Å². The van der Waals surface area contributed by atoms with Gasteiger partial charge in [0.2, 0.25) is 0 Å². The fraction of sp³-hybridized carbons (Fsp3) is 0.882. The number of aliphatic hydroxyl groups excluding tert-OH is 2. The second-order valence-electron chi connectivity index (χ2n) is 15.7. The van der Waals surface area contributed by atoms with Gasteiger partial charge in [0.15, 0.2) is 5.78 Å². The monoisotopic (exact) mass is 556 g/mol. The molecule has 5 fully saturated rings. The van der Waals surface area contributed by atoms with E-state index in [2.05, 4.69) is 33.8 Å². The van der Waals surface area contributed by atoms with E-state index in [9.17, 15) is 24.9 Å². The van der Waals surface area contributed by atoms with Crippen LogP contribution in [-0.2, 0) is 14.3 Å². The Morgan fingerprint density at radius 3 is 2.33 bits per heavy atom. The van der Waals surface area contributed by atoms with Crippen LogP contribution in [0.1, 0.15) is 98.8 Å². The van der Waals surface area contributed by atoms with Gasteiger partial charge in [0.25, 0.3) is 0 Å². The molecule has 14 unspecified atom stereocenters. The topological polar surface area (TPSA) is 104 Å². The van der Waals surface area contributed by atoms with Gasteiger partial charge in [0, 0.05) is 11.8 Å². The van der Waals surface area contributed by atoms with Gasteiger partial charge < -0.3 is 20.1 Å². The van der Waals surface area contributed by atoms with E-state index in [-0.39, 0.29) is 46.9 Å². The number of ketones is 1. The average molecular weight is 557 g/mol. The molecule has 0 aromatic carbocycles. The lowest BCUT2D eigenvalue weighted by Crippen LogP contribution is -2.60. The summed E-state index contributed by atoms with van der Waals surface area (Å²) >= 11 is 0. The number of carboxylic acids is 1. The van der Waals surface area contributed by atoms with Crippen molar-refractivity contribution in [3.63, 3.8) is 0 Å². The molecular formula is C34H52O6. The number of carboxylic acid groups (broad SMARTS) is 1. The van der Waals surface area contributed by atoms with Crippen molar-refractivity contribution in [1.82, 2.24) is 0 Å². The number of fused-ring (bicyclic) bond motifs is 7. The van der Waals surface area contributed by atoms with Gasteiger partial charge in [-0.1, -0.05) is 46.3 Å². The van der Waals surface area contributed by atoms with E-state index in [0.717, 1.165) is 64.2 Å². The molecule has 6 heteroatoms. The summed E-state index contributed by atoms with van der Waals surface area (Å²) in [4.78, 5) is 26.5. The predicted octanol–water partition coefficient (Wildman–Crippen LogP) is 5.64. The minimum Gasteiger partial charge on any atom is -0.481 e. The second kappa shape index (κ2) is 9.91. The number of carbonyl (C=O) groups is 2. The Bertz CT molecular complexity index is 1070. The highest BCUT2D eigenvalue weighted by Gasteiger charge is 2.64. The molecule has 1 aliphatic heterocycles. The Kier molecular flexibility index (Phi) is 7.15. The summed E-state index contributed by atoms with van der Waals surface area (Å²) in [6, 6.07) is 0. The molecule has 1 saturated heterocycles. The van der Waals surface area contributed by atoms with E-state index >= 15 is 0 Å². The van der Waals surface area contributed by atoms with Crippen LogP contribution in [0.5, 0.6) is 0 Å². The summed E-state index contributed by atoms with van der Waals surface area (Å²) < 4.78 is 5.90. The third-order valence-electron chi connectivity index (χ3n) is 14.2. The van der Waals surface area contributed by atoms with Crippen LogP contribution in [-0.4, -0.2) is 52.0 Å². The molecule has 4 saturated carbocycles. The van der Waals surface area contributed by atoms with Crippen molar-refractivity contribution in [3.05, 3.63) is 11.6 Å². The number of aliphatic hydroxyl groups is 2. The maximum absolute atomic E-state index is 13.8. The Hall–Kier alpha value is -1.24. The highest BCUT2D eigenvalue weighted by Crippen LogP contribution is 2.70. The van der Waals surface area contributed by atoms with Crippen molar-refractivity contribution in [1.29, 1.82) is 0 Å². The van der Waals surface area contributed by atoms with Crippen molar-refractivity contribution in [2.24, 2.45) is 63.6 Å². The molecule has 0 aromatic rings. The number of ether oxygens (including phenoxy) is 1. The lowest BCUT2D eigenvalue weighted by Gasteiger charge is -2.66. The summed E-state index contributed by atoms with van der Waals surface area (Å²) in [7, 11) is 0. The highest BCUT2D eigenvalue weighted by molar-refractivity contribution is 5.87. The van der Waals surface area contributed by atoms with Crippen LogP contribution in [0.2, 0.25) is 0 Å². The van der Waals surface area contributed by atoms with Crippen LogP contribution < -0.4 is 0 Å². The maximum atomic E-state index is 13.8. The average Bonchev–Trinajstić information content (AvgIpc) is 3.21. The fourth-order valence-electron chi connectivity index (χ4n) is 11.7. The molecule has 14 atom stereocenters. The van der Waals surface area contributed by atoms with E-state index in [4.69, 9.17) is 4.74 Å². The van der Waals surface area contributed by atoms with Crippen molar-refractivity contribution in [2.45, 2.75) is 117 Å². The number of allylic oxidation sites excluding steroid dienone is 2. The Morgan fingerprint density at radius 1 is 0.950 bits per heavy atom. The molecule has 0 amide bonds. The first-order chi connectivity index (χ1) is 18.9. The third kappa shape index (κ3) is 3.90. The number of carbonyl (C=O) groups excluding carboxylic acids is 1. The first-order valence-electron chi connectivity index (χ1n) is 16.3. The minimum absolute atomic E-state index is 0.0349. The summed E-state index contributed by atoms with van der Waals surface area (Å²) in [6.07, 6.45) is 10.1. The Labute approximate surface area is 240 Å². The highest BCUT2D eigenvalue weighted by atomic mass is 16.5. The SMILES string of the molecule is CC1CCC2(C(=O)O)CCC3C(=CCC4C3(C)CCC3C(C)C(C(=O)C5OC(CO)C(C)C5O)CCC34C)C2C1. The van der Waals surface area contributed by atoms with Gasteiger partial charge in [-0.15, -0.1) is 0 Å². The molecule has 0 aromatic heterocycles. The standard InChI is InChI=1S/C34H52O6/c1-18-8-14-34(31(38)39)15-11-24-22(25(34)16-18)6-7-27-32(4)12-9-21(19(2)23(32)10-13-33(24,27)5)29(37)30-28(36)20(3)26(17-35)40-30/h6,18-21,23-28,30,35-36H,7-17H2,1-5H3,(H,38,39). The van der Waals surface area contributed by atoms with Crippen LogP contribution in [0.3, 0.4) is 0 Å². The molecule has 224 valence electrons. The molecule has 40 heavy (non-hydrogen) atoms. The lowest BCUT2D eigenvalue weighted by atomic mass is 9.38. The Balaban J connectivity index is 1.26. The van der Waals surface area contributed by atoms with Gasteiger partial charge in [-0.3, -0.25) is 9.59 Å². The number of hydrogen-bond acceptors (Lipinski definition) is 5. The van der Waals surface area contributed by atoms with Gasteiger partial charge in [0.05, 0.1) is 24.2 Å². The van der Waals surface area contributed by atoms with Crippen LogP contribution in [0.25, 0.3) is 0 Å². The number of rotatable bonds is 4. The summed E-state index contributed by atoms with van der Waals surface area (Å²) in [5.41, 5.74) is 1.23. The zero-order valence-corrected chi connectivity index (χ0v) is 25.3. The largest absolute Gasteiger partial charge is 0.481 e. The van der Waals surface area contributed by atoms with Crippen molar-refractivity contribution < 1.29 is 29.6 Å². The summed E-state index contributed by atoms with van der Waals surface area (Å²) in [6.45, 7) is 11.3. The predicted molar refractivity (Wildman–Crippen MR) is 152 cm³/mol. The van der Waals surface area contributed by atoms with Crippen LogP contribution in [0.15, 0.2) is 11.6 Å². The van der Waals surface area contributed by atoms with Gasteiger partial charge in [-0.25, -0.2) is 0 Å². The zero-order valence-electron chi connectivity index (χ0n) is 25.3. The molecule has 0 radical (unpaired) electrons. The molecule has 3 N–H and O–H groups in total. The maximum Gasteiger partial charge on any atom is 0.310 e. The van der Waals surface area contributed by atoms with Gasteiger partial charge in [-0.2, -0.15) is 0 Å². The molecule has 0 spiro atoms. The first kappa shape index (κ1) is 28.9. The molecular weight excluding hydrogens is 504 g/mol. The minimum atomic E-state index is -0.853. The zero-order chi connectivity index (χ0) is 28.8. The summed E-state index contributed by atoms with van der Waals surface area (Å²) in [5.74, 6) is 1.56. The molecule has 6 nitrogen and oxygen atoms in total. The molecule has 1 heterocycles. The molecule has 6 aliphatic rings. The molecule has 0 bridgehead atoms.